The molecule has 154 valence electrons. The Morgan fingerprint density at radius 1 is 1.03 bits per heavy atom. The number of benzene rings is 2. The molecule has 0 fully saturated rings. The molecular formula is C21H18ClN3O3S2. The number of ether oxygens (including phenoxy) is 1. The first-order chi connectivity index (χ1) is 14.4. The fraction of sp³-hybridized carbons (Fsp3) is 0.190. The molecule has 1 atom stereocenters. The first-order valence-electron chi connectivity index (χ1n) is 9.05. The highest BCUT2D eigenvalue weighted by Crippen LogP contribution is 2.60. The number of hydrazone groups is 1. The Labute approximate surface area is 187 Å². The zero-order chi connectivity index (χ0) is 21.5. The van der Waals surface area contributed by atoms with Crippen LogP contribution >= 0.6 is 35.1 Å². The van der Waals surface area contributed by atoms with Gasteiger partial charge in [-0.05, 0) is 62.0 Å². The predicted octanol–water partition coefficient (Wildman–Crippen LogP) is 5.06. The van der Waals surface area contributed by atoms with Gasteiger partial charge in [0.2, 0.25) is 9.37 Å². The van der Waals surface area contributed by atoms with Gasteiger partial charge >= 0.3 is 5.97 Å². The molecule has 0 aliphatic carbocycles. The van der Waals surface area contributed by atoms with E-state index in [1.165, 1.54) is 30.6 Å². The van der Waals surface area contributed by atoms with Crippen LogP contribution in [0.2, 0.25) is 5.02 Å². The molecule has 6 nitrogen and oxygen atoms in total. The Bertz CT molecular complexity index is 1070. The van der Waals surface area contributed by atoms with Crippen LogP contribution in [0.4, 0.5) is 11.4 Å². The number of allylic oxidation sites excluding steroid dienone is 2. The summed E-state index contributed by atoms with van der Waals surface area (Å²) in [5, 5.41) is 7.14. The van der Waals surface area contributed by atoms with Crippen LogP contribution in [-0.2, 0) is 14.3 Å². The number of methoxy groups -OCH3 is 1. The molecule has 0 radical (unpaired) electrons. The molecule has 0 unspecified atom stereocenters. The second kappa shape index (κ2) is 8.02. The summed E-state index contributed by atoms with van der Waals surface area (Å²) in [6, 6.07) is 16.9. The van der Waals surface area contributed by atoms with E-state index in [-0.39, 0.29) is 10.8 Å². The number of ketones is 1. The molecule has 4 rings (SSSR count). The summed E-state index contributed by atoms with van der Waals surface area (Å²) >= 11 is 8.70. The molecule has 0 aromatic heterocycles. The fourth-order valence-corrected chi connectivity index (χ4v) is 6.45. The van der Waals surface area contributed by atoms with Crippen molar-refractivity contribution in [2.75, 3.05) is 17.0 Å². The summed E-state index contributed by atoms with van der Waals surface area (Å²) in [7, 11) is 1.32. The maximum Gasteiger partial charge on any atom is 0.365 e. The average molecular weight is 460 g/mol. The Balaban J connectivity index is 1.91. The number of rotatable bonds is 4. The molecule has 30 heavy (non-hydrogen) atoms. The normalized spacial score (nSPS) is 20.7. The van der Waals surface area contributed by atoms with Gasteiger partial charge in [0.05, 0.1) is 17.7 Å². The summed E-state index contributed by atoms with van der Waals surface area (Å²) in [6.07, 6.45) is 0. The first kappa shape index (κ1) is 20.8. The number of hydrogen-bond acceptors (Lipinski definition) is 8. The van der Waals surface area contributed by atoms with Gasteiger partial charge in [0.1, 0.15) is 0 Å². The van der Waals surface area contributed by atoms with Crippen molar-refractivity contribution in [3.63, 3.8) is 0 Å². The van der Waals surface area contributed by atoms with Crippen molar-refractivity contribution in [1.29, 1.82) is 0 Å². The van der Waals surface area contributed by atoms with Gasteiger partial charge in [-0.3, -0.25) is 4.79 Å². The smallest absolute Gasteiger partial charge is 0.365 e. The number of Topliss-reactive ketones (excluding diaryl/α,β-unsaturated/α-hetero) is 1. The van der Waals surface area contributed by atoms with Crippen LogP contribution in [0.15, 0.2) is 70.3 Å². The van der Waals surface area contributed by atoms with E-state index in [1.807, 2.05) is 54.3 Å². The van der Waals surface area contributed by atoms with Crippen LogP contribution in [0.1, 0.15) is 13.8 Å². The van der Waals surface area contributed by atoms with Gasteiger partial charge in [-0.15, -0.1) is 0 Å². The molecule has 1 spiro atoms. The third-order valence-electron chi connectivity index (χ3n) is 4.64. The van der Waals surface area contributed by atoms with Crippen molar-refractivity contribution >= 4 is 63.3 Å². The van der Waals surface area contributed by atoms with Crippen LogP contribution in [0.5, 0.6) is 0 Å². The average Bonchev–Trinajstić information content (AvgIpc) is 3.26. The molecule has 2 aliphatic heterocycles. The molecule has 2 aromatic rings. The van der Waals surface area contributed by atoms with Crippen molar-refractivity contribution < 1.29 is 14.3 Å². The highest BCUT2D eigenvalue weighted by atomic mass is 35.5. The molecule has 2 heterocycles. The molecule has 0 saturated heterocycles. The third kappa shape index (κ3) is 3.38. The second-order valence-electron chi connectivity index (χ2n) is 6.58. The van der Waals surface area contributed by atoms with Crippen LogP contribution in [-0.4, -0.2) is 28.2 Å². The minimum atomic E-state index is -0.941. The van der Waals surface area contributed by atoms with E-state index >= 15 is 0 Å². The van der Waals surface area contributed by atoms with E-state index in [0.717, 1.165) is 17.1 Å². The SMILES string of the molecule is COC(=O)C1=NN(c2ccc(Cl)cc2)[C@]2(S1)SC(C(C)=O)=C(C)N2c1ccccc1. The van der Waals surface area contributed by atoms with Crippen molar-refractivity contribution in [3.8, 4) is 0 Å². The topological polar surface area (TPSA) is 62.2 Å². The van der Waals surface area contributed by atoms with Crippen LogP contribution in [0, 0.1) is 0 Å². The monoisotopic (exact) mass is 459 g/mol. The van der Waals surface area contributed by atoms with Crippen molar-refractivity contribution in [3.05, 3.63) is 70.2 Å². The number of carbonyl (C=O) groups is 2. The summed E-state index contributed by atoms with van der Waals surface area (Å²) < 4.78 is 3.99. The van der Waals surface area contributed by atoms with Crippen molar-refractivity contribution in [2.24, 2.45) is 5.10 Å². The van der Waals surface area contributed by atoms with Gasteiger partial charge in [-0.1, -0.05) is 41.6 Å². The number of nitrogens with zero attached hydrogens (tertiary/aromatic N) is 3. The van der Waals surface area contributed by atoms with Gasteiger partial charge in [0.25, 0.3) is 0 Å². The lowest BCUT2D eigenvalue weighted by Crippen LogP contribution is -2.49. The summed E-state index contributed by atoms with van der Waals surface area (Å²) in [5.74, 6) is -0.572. The number of carbonyl (C=O) groups excluding carboxylic acids is 2. The molecule has 0 N–H and O–H groups in total. The van der Waals surface area contributed by atoms with Gasteiger partial charge < -0.3 is 9.64 Å². The number of halogens is 1. The number of hydrogen-bond donors (Lipinski definition) is 0. The molecule has 0 amide bonds. The molecule has 2 aromatic carbocycles. The Morgan fingerprint density at radius 2 is 1.70 bits per heavy atom. The van der Waals surface area contributed by atoms with Crippen molar-refractivity contribution in [2.45, 2.75) is 18.2 Å². The van der Waals surface area contributed by atoms with E-state index in [4.69, 9.17) is 16.3 Å². The highest BCUT2D eigenvalue weighted by Gasteiger charge is 2.57. The van der Waals surface area contributed by atoms with Crippen LogP contribution in [0.3, 0.4) is 0 Å². The minimum absolute atomic E-state index is 0.0431. The fourth-order valence-electron chi connectivity index (χ4n) is 3.35. The Hall–Kier alpha value is -2.42. The van der Waals surface area contributed by atoms with E-state index in [1.54, 1.807) is 24.1 Å². The molecule has 0 bridgehead atoms. The van der Waals surface area contributed by atoms with Gasteiger partial charge in [-0.2, -0.15) is 5.10 Å². The van der Waals surface area contributed by atoms with Gasteiger partial charge in [0.15, 0.2) is 5.78 Å². The zero-order valence-electron chi connectivity index (χ0n) is 16.5. The van der Waals surface area contributed by atoms with Crippen molar-refractivity contribution in [1.82, 2.24) is 0 Å². The summed E-state index contributed by atoms with van der Waals surface area (Å²) in [6.45, 7) is 3.45. The molecular weight excluding hydrogens is 442 g/mol. The zero-order valence-corrected chi connectivity index (χ0v) is 18.8. The number of anilines is 2. The van der Waals surface area contributed by atoms with E-state index in [0.29, 0.717) is 9.93 Å². The highest BCUT2D eigenvalue weighted by molar-refractivity contribution is 8.29. The number of esters is 1. The third-order valence-corrected chi connectivity index (χ3v) is 7.86. The van der Waals surface area contributed by atoms with E-state index < -0.39 is 10.3 Å². The number of para-hydroxylation sites is 1. The molecule has 2 aliphatic rings. The largest absolute Gasteiger partial charge is 0.464 e. The maximum absolute atomic E-state index is 12.5. The van der Waals surface area contributed by atoms with Gasteiger partial charge in [0, 0.05) is 16.4 Å². The lowest BCUT2D eigenvalue weighted by molar-refractivity contribution is -0.132. The van der Waals surface area contributed by atoms with E-state index in [9.17, 15) is 9.59 Å². The van der Waals surface area contributed by atoms with E-state index in [2.05, 4.69) is 5.10 Å². The summed E-state index contributed by atoms with van der Waals surface area (Å²) in [5.41, 5.74) is 2.41. The number of thioether (sulfide) groups is 2. The summed E-state index contributed by atoms with van der Waals surface area (Å²) in [4.78, 5) is 27.5. The second-order valence-corrected chi connectivity index (χ2v) is 9.62. The molecule has 0 saturated carbocycles. The Kier molecular flexibility index (Phi) is 5.57. The quantitative estimate of drug-likeness (QED) is 0.592. The Morgan fingerprint density at radius 3 is 2.30 bits per heavy atom. The minimum Gasteiger partial charge on any atom is -0.464 e. The van der Waals surface area contributed by atoms with Crippen LogP contribution in [0.25, 0.3) is 0 Å². The lowest BCUT2D eigenvalue weighted by atomic mass is 10.2. The van der Waals surface area contributed by atoms with Crippen LogP contribution < -0.4 is 9.91 Å². The maximum atomic E-state index is 12.5. The standard InChI is InChI=1S/C21H18ClN3O3S2/c1-13-18(14(2)26)29-21(24(13)16-7-5-4-6-8-16)25(17-11-9-15(22)10-12-17)23-19(30-21)20(27)28-3/h4-12H,1-3H3/t21-/m0/s1. The lowest BCUT2D eigenvalue weighted by Gasteiger charge is -2.41. The predicted molar refractivity (Wildman–Crippen MR) is 124 cm³/mol. The van der Waals surface area contributed by atoms with Gasteiger partial charge in [-0.25, -0.2) is 9.80 Å². The molecule has 9 heteroatoms. The first-order valence-corrected chi connectivity index (χ1v) is 11.1.